The van der Waals surface area contributed by atoms with Crippen molar-refractivity contribution in [2.24, 2.45) is 0 Å². The molecule has 76 heavy (non-hydrogen) atoms. The third-order valence-electron chi connectivity index (χ3n) is 17.2. The average Bonchev–Trinajstić information content (AvgIpc) is 4.05. The Morgan fingerprint density at radius 1 is 0.579 bits per heavy atom. The van der Waals surface area contributed by atoms with Crippen LogP contribution in [0.1, 0.15) is 103 Å². The van der Waals surface area contributed by atoms with Crippen molar-refractivity contribution in [1.29, 1.82) is 0 Å². The van der Waals surface area contributed by atoms with Gasteiger partial charge in [-0.25, -0.2) is 9.97 Å². The zero-order valence-corrected chi connectivity index (χ0v) is 46.6. The molecule has 1 N–H and O–H groups in total. The molecule has 5 aliphatic rings. The van der Waals surface area contributed by atoms with Crippen molar-refractivity contribution in [2.45, 2.75) is 156 Å². The molecule has 0 saturated carbocycles. The van der Waals surface area contributed by atoms with Gasteiger partial charge in [0.15, 0.2) is 5.65 Å². The summed E-state index contributed by atoms with van der Waals surface area (Å²) in [5.41, 5.74) is 16.4. The van der Waals surface area contributed by atoms with Crippen LogP contribution in [0.4, 0.5) is 13.2 Å². The van der Waals surface area contributed by atoms with E-state index in [1.165, 1.54) is 81.7 Å². The van der Waals surface area contributed by atoms with E-state index in [-0.39, 0.29) is 0 Å². The Bertz CT molecular complexity index is 2970. The molecule has 2 saturated heterocycles. The topological polar surface area (TPSA) is 107 Å². The molecule has 0 spiro atoms. The number of piperazine rings is 1. The number of likely N-dealkylation sites (N-methyl/N-ethyl adjacent to an activating group) is 3. The lowest BCUT2D eigenvalue weighted by atomic mass is 9.97. The maximum atomic E-state index is 12.6. The molecular formula is C59H81F3N14. The summed E-state index contributed by atoms with van der Waals surface area (Å²) in [5, 5.41) is 4.74. The van der Waals surface area contributed by atoms with Gasteiger partial charge >= 0.3 is 6.18 Å². The number of alkyl halides is 3. The van der Waals surface area contributed by atoms with Gasteiger partial charge < -0.3 is 33.7 Å². The van der Waals surface area contributed by atoms with Gasteiger partial charge in [-0.15, -0.1) is 0 Å². The molecule has 5 aliphatic heterocycles. The molecule has 12 heterocycles. The molecule has 0 aromatic carbocycles. The Labute approximate surface area is 447 Å². The second kappa shape index (κ2) is 23.0. The van der Waals surface area contributed by atoms with E-state index in [4.69, 9.17) is 15.0 Å². The number of hydrogen-bond donors (Lipinski definition) is 1. The number of rotatable bonds is 9. The quantitative estimate of drug-likeness (QED) is 0.150. The molecule has 0 bridgehead atoms. The third-order valence-corrected chi connectivity index (χ3v) is 17.2. The average molecular weight is 1040 g/mol. The van der Waals surface area contributed by atoms with Gasteiger partial charge in [0.1, 0.15) is 11.2 Å². The van der Waals surface area contributed by atoms with E-state index in [2.05, 4.69) is 121 Å². The van der Waals surface area contributed by atoms with Gasteiger partial charge in [0.25, 0.3) is 0 Å². The first-order valence-corrected chi connectivity index (χ1v) is 28.1. The molecule has 2 unspecified atom stereocenters. The summed E-state index contributed by atoms with van der Waals surface area (Å²) in [7, 11) is 6.53. The summed E-state index contributed by atoms with van der Waals surface area (Å²) >= 11 is 0. The number of piperidine rings is 1. The molecule has 7 aromatic heterocycles. The van der Waals surface area contributed by atoms with Crippen molar-refractivity contribution < 1.29 is 13.2 Å². The minimum Gasteiger partial charge on any atom is -0.343 e. The number of nitrogens with one attached hydrogen (secondary N) is 1. The standard InChI is InChI=1S/C21H32N4.C19H19F3N4.C19H30N6/c1-15-8-9-20-21(22-15)18-14-23(4)11-10-19(18)25(20)13-12-24-16(2)6-5-7-17(24)3;1-25-8-6-16-15(12-25)14-4-7-23-11-17(14)26(16)9-5-13-2-3-18(24-10-13)19(20,21)22;1-13-9-21-19-18(22-13)16-12-23(4)6-5-17(16)25(19)8-7-24-14(2)10-20-11-15(24)3/h8-9,16-17H,5-7,10-14H2,1-4H3;2-4,7,10-11H,5-6,8-9,12H2,1H3;9,14-15,20H,5-8,10-12H2,1-4H3/t;;14-,15-/m..1/s1. The van der Waals surface area contributed by atoms with Crippen molar-refractivity contribution in [2.75, 3.05) is 67.0 Å². The molecule has 14 nitrogen and oxygen atoms in total. The normalized spacial score (nSPS) is 22.0. The predicted octanol–water partition coefficient (Wildman–Crippen LogP) is 8.69. The summed E-state index contributed by atoms with van der Waals surface area (Å²) in [6, 6.07) is 11.7. The van der Waals surface area contributed by atoms with E-state index in [1.54, 1.807) is 6.20 Å². The van der Waals surface area contributed by atoms with Crippen LogP contribution in [0.5, 0.6) is 0 Å². The Kier molecular flexibility index (Phi) is 16.3. The Balaban J connectivity index is 0.000000130. The smallest absolute Gasteiger partial charge is 0.343 e. The number of aromatic nitrogens is 8. The lowest BCUT2D eigenvalue weighted by molar-refractivity contribution is -0.141. The summed E-state index contributed by atoms with van der Waals surface area (Å²) in [5.74, 6) is 0. The Hall–Kier alpha value is -5.30. The number of fused-ring (bicyclic) bond motifs is 9. The van der Waals surface area contributed by atoms with Gasteiger partial charge in [-0.3, -0.25) is 24.8 Å². The zero-order valence-electron chi connectivity index (χ0n) is 46.6. The fraction of sp³-hybridized carbons (Fsp3) is 0.576. The first-order valence-electron chi connectivity index (χ1n) is 28.1. The highest BCUT2D eigenvalue weighted by Gasteiger charge is 2.33. The molecule has 0 amide bonds. The fourth-order valence-corrected chi connectivity index (χ4v) is 13.0. The maximum Gasteiger partial charge on any atom is 0.433 e. The van der Waals surface area contributed by atoms with Crippen molar-refractivity contribution in [3.8, 4) is 0 Å². The van der Waals surface area contributed by atoms with E-state index in [1.807, 2.05) is 25.4 Å². The predicted molar refractivity (Wildman–Crippen MR) is 298 cm³/mol. The number of likely N-dealkylation sites (tertiary alicyclic amines) is 1. The molecule has 408 valence electrons. The van der Waals surface area contributed by atoms with Crippen LogP contribution >= 0.6 is 0 Å². The van der Waals surface area contributed by atoms with Gasteiger partial charge in [0, 0.05) is 180 Å². The lowest BCUT2D eigenvalue weighted by Crippen LogP contribution is -2.55. The van der Waals surface area contributed by atoms with Gasteiger partial charge in [0.05, 0.1) is 34.6 Å². The molecule has 0 aliphatic carbocycles. The summed E-state index contributed by atoms with van der Waals surface area (Å²) in [6.45, 7) is 27.0. The first kappa shape index (κ1) is 54.1. The van der Waals surface area contributed by atoms with Gasteiger partial charge in [-0.2, -0.15) is 13.2 Å². The van der Waals surface area contributed by atoms with E-state index >= 15 is 0 Å². The minimum absolute atomic E-state index is 0.584. The second-order valence-electron chi connectivity index (χ2n) is 22.9. The number of pyridine rings is 3. The molecular weight excluding hydrogens is 962 g/mol. The van der Waals surface area contributed by atoms with Crippen LogP contribution < -0.4 is 5.32 Å². The zero-order chi connectivity index (χ0) is 53.4. The summed E-state index contributed by atoms with van der Waals surface area (Å²) < 4.78 is 45.2. The monoisotopic (exact) mass is 1040 g/mol. The van der Waals surface area contributed by atoms with Crippen LogP contribution in [0, 0.1) is 13.8 Å². The van der Waals surface area contributed by atoms with Crippen LogP contribution in [0.2, 0.25) is 0 Å². The first-order chi connectivity index (χ1) is 36.5. The minimum atomic E-state index is -4.40. The Morgan fingerprint density at radius 3 is 1.80 bits per heavy atom. The van der Waals surface area contributed by atoms with Crippen LogP contribution in [-0.4, -0.2) is 154 Å². The molecule has 2 fully saturated rings. The van der Waals surface area contributed by atoms with E-state index in [0.717, 1.165) is 137 Å². The van der Waals surface area contributed by atoms with Gasteiger partial charge in [-0.05, 0) is 117 Å². The second-order valence-corrected chi connectivity index (χ2v) is 22.9. The number of nitrogens with zero attached hydrogens (tertiary/aromatic N) is 13. The van der Waals surface area contributed by atoms with E-state index in [0.29, 0.717) is 37.1 Å². The molecule has 7 aromatic rings. The van der Waals surface area contributed by atoms with Crippen molar-refractivity contribution in [3.05, 3.63) is 112 Å². The number of hydrogen-bond acceptors (Lipinski definition) is 11. The summed E-state index contributed by atoms with van der Waals surface area (Å²) in [4.78, 5) is 34.8. The van der Waals surface area contributed by atoms with Crippen LogP contribution in [-0.2, 0) is 71.1 Å². The SMILES string of the molecule is CN1CCc2c(c3ccncc3n2CCc2ccc(C(F)(F)F)nc2)C1.Cc1ccc2c(n1)c1c(n2CCN2C(C)CCCC2C)CCN(C)C1.Cc1cnc2c(n1)c1c(n2CCN2[C@H](C)CNC[C@H]2C)CCN(C)C1. The molecule has 12 rings (SSSR count). The van der Waals surface area contributed by atoms with E-state index in [9.17, 15) is 13.2 Å². The molecule has 0 radical (unpaired) electrons. The highest BCUT2D eigenvalue weighted by Crippen LogP contribution is 2.34. The third kappa shape index (κ3) is 11.5. The highest BCUT2D eigenvalue weighted by atomic mass is 19.4. The van der Waals surface area contributed by atoms with Gasteiger partial charge in [-0.1, -0.05) is 12.5 Å². The number of halogens is 3. The van der Waals surface area contributed by atoms with E-state index < -0.39 is 11.9 Å². The van der Waals surface area contributed by atoms with Crippen LogP contribution in [0.25, 0.3) is 33.1 Å². The van der Waals surface area contributed by atoms with Crippen LogP contribution in [0.3, 0.4) is 0 Å². The number of aryl methyl sites for hydroxylation is 4. The van der Waals surface area contributed by atoms with Crippen molar-refractivity contribution in [1.82, 2.24) is 68.4 Å². The highest BCUT2D eigenvalue weighted by molar-refractivity contribution is 5.85. The van der Waals surface area contributed by atoms with Crippen molar-refractivity contribution >= 4 is 33.1 Å². The largest absolute Gasteiger partial charge is 0.433 e. The van der Waals surface area contributed by atoms with Crippen LogP contribution in [0.15, 0.2) is 55.1 Å². The fourth-order valence-electron chi connectivity index (χ4n) is 13.0. The Morgan fingerprint density at radius 2 is 1.16 bits per heavy atom. The van der Waals surface area contributed by atoms with Gasteiger partial charge in [0.2, 0.25) is 0 Å². The van der Waals surface area contributed by atoms with Crippen molar-refractivity contribution in [3.63, 3.8) is 0 Å². The molecule has 17 heteroatoms. The maximum absolute atomic E-state index is 12.6. The molecule has 4 atom stereocenters. The lowest BCUT2D eigenvalue weighted by Gasteiger charge is -2.39. The summed E-state index contributed by atoms with van der Waals surface area (Å²) in [6.07, 6.45) is 10.4.